The van der Waals surface area contributed by atoms with E-state index in [0.29, 0.717) is 22.4 Å². The fraction of sp³-hybridized carbons (Fsp3) is 0. The largest absolute Gasteiger partial charge is 0.288 e. The van der Waals surface area contributed by atoms with Gasteiger partial charge in [-0.05, 0) is 24.3 Å². The summed E-state index contributed by atoms with van der Waals surface area (Å²) < 4.78 is 0. The zero-order valence-electron chi connectivity index (χ0n) is 12.4. The Bertz CT molecular complexity index is 977. The molecule has 116 valence electrons. The number of pyridine rings is 1. The summed E-state index contributed by atoms with van der Waals surface area (Å²) in [5, 5.41) is 5.01. The second-order valence-corrected chi connectivity index (χ2v) is 6.04. The third-order valence-corrected chi connectivity index (χ3v) is 4.51. The van der Waals surface area contributed by atoms with Crippen LogP contribution in [0.2, 0.25) is 0 Å². The summed E-state index contributed by atoms with van der Waals surface area (Å²) in [6.45, 7) is 0. The van der Waals surface area contributed by atoms with E-state index in [0.717, 1.165) is 10.7 Å². The van der Waals surface area contributed by atoms with Crippen molar-refractivity contribution in [3.05, 3.63) is 70.9 Å². The highest BCUT2D eigenvalue weighted by molar-refractivity contribution is 7.13. The van der Waals surface area contributed by atoms with E-state index in [1.807, 2.05) is 23.6 Å². The highest BCUT2D eigenvalue weighted by atomic mass is 32.1. The van der Waals surface area contributed by atoms with E-state index >= 15 is 0 Å². The molecule has 2 amide bonds. The molecular weight excluding hydrogens is 322 g/mol. The second-order valence-electron chi connectivity index (χ2n) is 5.18. The zero-order chi connectivity index (χ0) is 16.5. The van der Waals surface area contributed by atoms with Crippen molar-refractivity contribution in [2.24, 2.45) is 0 Å². The molecule has 2 aromatic heterocycles. The molecule has 0 atom stereocenters. The van der Waals surface area contributed by atoms with Gasteiger partial charge >= 0.3 is 0 Å². The number of benzene rings is 1. The summed E-state index contributed by atoms with van der Waals surface area (Å²) in [6.07, 6.45) is 3.41. The molecule has 0 radical (unpaired) electrons. The van der Waals surface area contributed by atoms with Crippen LogP contribution in [0.4, 0.5) is 0 Å². The zero-order valence-corrected chi connectivity index (χ0v) is 13.2. The molecule has 0 spiro atoms. The molecule has 1 aliphatic heterocycles. The molecule has 0 saturated heterocycles. The summed E-state index contributed by atoms with van der Waals surface area (Å²) in [5.41, 5.74) is 3.00. The molecule has 0 bridgehead atoms. The number of amides is 2. The van der Waals surface area contributed by atoms with Crippen LogP contribution in [0.3, 0.4) is 0 Å². The monoisotopic (exact) mass is 333 g/mol. The van der Waals surface area contributed by atoms with Crippen LogP contribution in [0.15, 0.2) is 54.0 Å². The SMILES string of the molecule is O=C1NC(=O)c2ccccc2/C1=C\c1csc(-c2ccccn2)n1. The number of nitrogens with zero attached hydrogens (tertiary/aromatic N) is 2. The van der Waals surface area contributed by atoms with Crippen molar-refractivity contribution >= 4 is 34.8 Å². The summed E-state index contributed by atoms with van der Waals surface area (Å²) in [5.74, 6) is -0.786. The fourth-order valence-corrected chi connectivity index (χ4v) is 3.28. The standard InChI is InChI=1S/C18H11N3O2S/c22-16-13-6-2-1-5-12(13)14(17(23)21-16)9-11-10-24-18(20-11)15-7-3-4-8-19-15/h1-10H,(H,21,22,23)/b14-9+. The van der Waals surface area contributed by atoms with Gasteiger partial charge in [0.1, 0.15) is 5.01 Å². The normalized spacial score (nSPS) is 15.2. The minimum Gasteiger partial charge on any atom is -0.288 e. The first-order chi connectivity index (χ1) is 11.7. The van der Waals surface area contributed by atoms with Crippen LogP contribution in [0, 0.1) is 0 Å². The number of thiazole rings is 1. The Hall–Kier alpha value is -3.12. The molecule has 5 nitrogen and oxygen atoms in total. The Morgan fingerprint density at radius 2 is 1.75 bits per heavy atom. The van der Waals surface area contributed by atoms with Gasteiger partial charge in [-0.25, -0.2) is 4.98 Å². The number of rotatable bonds is 2. The van der Waals surface area contributed by atoms with Gasteiger partial charge in [-0.1, -0.05) is 24.3 Å². The predicted octanol–water partition coefficient (Wildman–Crippen LogP) is 3.02. The molecular formula is C18H11N3O2S. The molecule has 0 unspecified atom stereocenters. The average molecular weight is 333 g/mol. The molecule has 6 heteroatoms. The van der Waals surface area contributed by atoms with Crippen molar-refractivity contribution in [3.63, 3.8) is 0 Å². The van der Waals surface area contributed by atoms with E-state index in [1.165, 1.54) is 11.3 Å². The minimum atomic E-state index is -0.411. The molecule has 0 saturated carbocycles. The number of aromatic nitrogens is 2. The first-order valence-corrected chi connectivity index (χ1v) is 8.14. The number of fused-ring (bicyclic) bond motifs is 1. The van der Waals surface area contributed by atoms with E-state index in [2.05, 4.69) is 15.3 Å². The highest BCUT2D eigenvalue weighted by Crippen LogP contribution is 2.28. The van der Waals surface area contributed by atoms with Crippen molar-refractivity contribution in [1.82, 2.24) is 15.3 Å². The minimum absolute atomic E-state index is 0.375. The van der Waals surface area contributed by atoms with Gasteiger partial charge in [-0.15, -0.1) is 11.3 Å². The smallest absolute Gasteiger partial charge is 0.258 e. The maximum absolute atomic E-state index is 12.2. The van der Waals surface area contributed by atoms with Gasteiger partial charge in [0.15, 0.2) is 0 Å². The lowest BCUT2D eigenvalue weighted by atomic mass is 9.94. The highest BCUT2D eigenvalue weighted by Gasteiger charge is 2.26. The van der Waals surface area contributed by atoms with Gasteiger partial charge in [0.2, 0.25) is 0 Å². The fourth-order valence-electron chi connectivity index (χ4n) is 2.53. The molecule has 3 heterocycles. The Labute approximate surface area is 141 Å². The third kappa shape index (κ3) is 2.53. The van der Waals surface area contributed by atoms with Crippen LogP contribution in [-0.4, -0.2) is 21.8 Å². The van der Waals surface area contributed by atoms with Crippen molar-refractivity contribution in [2.45, 2.75) is 0 Å². The van der Waals surface area contributed by atoms with E-state index < -0.39 is 5.91 Å². The predicted molar refractivity (Wildman–Crippen MR) is 92.1 cm³/mol. The van der Waals surface area contributed by atoms with Crippen LogP contribution < -0.4 is 5.32 Å². The third-order valence-electron chi connectivity index (χ3n) is 3.63. The lowest BCUT2D eigenvalue weighted by Crippen LogP contribution is -2.36. The first kappa shape index (κ1) is 14.5. The molecule has 1 aromatic carbocycles. The van der Waals surface area contributed by atoms with E-state index in [4.69, 9.17) is 0 Å². The number of hydrogen-bond acceptors (Lipinski definition) is 5. The number of carbonyl (C=O) groups is 2. The molecule has 24 heavy (non-hydrogen) atoms. The van der Waals surface area contributed by atoms with Crippen molar-refractivity contribution in [3.8, 4) is 10.7 Å². The Morgan fingerprint density at radius 3 is 2.54 bits per heavy atom. The Balaban J connectivity index is 1.76. The molecule has 0 aliphatic carbocycles. The first-order valence-electron chi connectivity index (χ1n) is 7.26. The van der Waals surface area contributed by atoms with Gasteiger partial charge in [-0.3, -0.25) is 19.9 Å². The topological polar surface area (TPSA) is 72.0 Å². The van der Waals surface area contributed by atoms with Crippen LogP contribution in [0.25, 0.3) is 22.4 Å². The van der Waals surface area contributed by atoms with Gasteiger partial charge in [0.25, 0.3) is 11.8 Å². The Kier molecular flexibility index (Phi) is 3.51. The maximum Gasteiger partial charge on any atom is 0.258 e. The van der Waals surface area contributed by atoms with Crippen LogP contribution in [0.1, 0.15) is 21.6 Å². The number of carbonyl (C=O) groups excluding carboxylic acids is 2. The molecule has 3 aromatic rings. The number of imide groups is 1. The molecule has 4 rings (SSSR count). The van der Waals surface area contributed by atoms with E-state index in [1.54, 1.807) is 36.5 Å². The Morgan fingerprint density at radius 1 is 0.958 bits per heavy atom. The molecule has 0 fully saturated rings. The van der Waals surface area contributed by atoms with Crippen molar-refractivity contribution < 1.29 is 9.59 Å². The number of nitrogens with one attached hydrogen (secondary N) is 1. The number of hydrogen-bond donors (Lipinski definition) is 1. The van der Waals surface area contributed by atoms with Gasteiger partial charge in [-0.2, -0.15) is 0 Å². The summed E-state index contributed by atoms with van der Waals surface area (Å²) in [7, 11) is 0. The molecule has 1 aliphatic rings. The summed E-state index contributed by atoms with van der Waals surface area (Å²) >= 11 is 1.46. The summed E-state index contributed by atoms with van der Waals surface area (Å²) in [4.78, 5) is 32.9. The van der Waals surface area contributed by atoms with Gasteiger partial charge < -0.3 is 0 Å². The average Bonchev–Trinajstić information content (AvgIpc) is 3.08. The van der Waals surface area contributed by atoms with Crippen LogP contribution in [-0.2, 0) is 4.79 Å². The lowest BCUT2D eigenvalue weighted by Gasteiger charge is -2.17. The quantitative estimate of drug-likeness (QED) is 0.578. The maximum atomic E-state index is 12.2. The lowest BCUT2D eigenvalue weighted by molar-refractivity contribution is -0.114. The van der Waals surface area contributed by atoms with Gasteiger partial charge in [0, 0.05) is 28.3 Å². The van der Waals surface area contributed by atoms with Crippen LogP contribution >= 0.6 is 11.3 Å². The second kappa shape index (κ2) is 5.82. The molecule has 1 N–H and O–H groups in total. The van der Waals surface area contributed by atoms with Gasteiger partial charge in [0.05, 0.1) is 11.4 Å². The van der Waals surface area contributed by atoms with E-state index in [-0.39, 0.29) is 5.91 Å². The van der Waals surface area contributed by atoms with Crippen LogP contribution in [0.5, 0.6) is 0 Å². The van der Waals surface area contributed by atoms with Crippen molar-refractivity contribution in [2.75, 3.05) is 0 Å². The summed E-state index contributed by atoms with van der Waals surface area (Å²) in [6, 6.07) is 12.7. The van der Waals surface area contributed by atoms with E-state index in [9.17, 15) is 9.59 Å². The van der Waals surface area contributed by atoms with Crippen molar-refractivity contribution in [1.29, 1.82) is 0 Å².